The van der Waals surface area contributed by atoms with E-state index in [0.717, 1.165) is 22.4 Å². The van der Waals surface area contributed by atoms with Crippen LogP contribution in [0.3, 0.4) is 0 Å². The van der Waals surface area contributed by atoms with Gasteiger partial charge in [0.05, 0.1) is 24.1 Å². The molecule has 35 heavy (non-hydrogen) atoms. The summed E-state index contributed by atoms with van der Waals surface area (Å²) in [6.45, 7) is 2.13. The van der Waals surface area contributed by atoms with Crippen molar-refractivity contribution in [1.82, 2.24) is 19.8 Å². The SMILES string of the molecule is Cc1ccc(C2=NN(C(=O)COC(=O)c3ccc(Cn4cncn4)cc3)C(c3ccco3)C2)cc1. The van der Waals surface area contributed by atoms with Crippen molar-refractivity contribution in [3.05, 3.63) is 108 Å². The first-order valence-electron chi connectivity index (χ1n) is 11.2. The van der Waals surface area contributed by atoms with Crippen molar-refractivity contribution < 1.29 is 18.7 Å². The third-order valence-electron chi connectivity index (χ3n) is 5.75. The lowest BCUT2D eigenvalue weighted by molar-refractivity contribution is -0.136. The Morgan fingerprint density at radius 1 is 1.09 bits per heavy atom. The van der Waals surface area contributed by atoms with Crippen LogP contribution in [0.5, 0.6) is 0 Å². The summed E-state index contributed by atoms with van der Waals surface area (Å²) < 4.78 is 12.6. The quantitative estimate of drug-likeness (QED) is 0.382. The highest BCUT2D eigenvalue weighted by Gasteiger charge is 2.35. The first kappa shape index (κ1) is 22.3. The molecule has 0 spiro atoms. The molecule has 9 heteroatoms. The minimum Gasteiger partial charge on any atom is -0.467 e. The van der Waals surface area contributed by atoms with Crippen molar-refractivity contribution in [1.29, 1.82) is 0 Å². The number of hydrogen-bond acceptors (Lipinski definition) is 7. The summed E-state index contributed by atoms with van der Waals surface area (Å²) in [5, 5.41) is 9.97. The number of hydrazone groups is 1. The van der Waals surface area contributed by atoms with E-state index in [1.807, 2.05) is 49.4 Å². The van der Waals surface area contributed by atoms with Crippen LogP contribution in [-0.4, -0.2) is 44.0 Å². The van der Waals surface area contributed by atoms with Crippen LogP contribution in [0.15, 0.2) is 89.1 Å². The van der Waals surface area contributed by atoms with Crippen LogP contribution >= 0.6 is 0 Å². The summed E-state index contributed by atoms with van der Waals surface area (Å²) in [6, 6.07) is 18.1. The van der Waals surface area contributed by atoms with Gasteiger partial charge in [0.2, 0.25) is 0 Å². The van der Waals surface area contributed by atoms with Gasteiger partial charge in [0, 0.05) is 6.42 Å². The van der Waals surface area contributed by atoms with E-state index in [2.05, 4.69) is 15.2 Å². The number of carbonyl (C=O) groups is 2. The molecule has 0 N–H and O–H groups in total. The van der Waals surface area contributed by atoms with Gasteiger partial charge in [0.25, 0.3) is 5.91 Å². The van der Waals surface area contributed by atoms with E-state index >= 15 is 0 Å². The van der Waals surface area contributed by atoms with Crippen molar-refractivity contribution in [3.63, 3.8) is 0 Å². The van der Waals surface area contributed by atoms with E-state index in [0.29, 0.717) is 24.3 Å². The highest BCUT2D eigenvalue weighted by molar-refractivity contribution is 6.03. The number of aromatic nitrogens is 3. The molecule has 1 atom stereocenters. The second-order valence-corrected chi connectivity index (χ2v) is 8.25. The first-order valence-corrected chi connectivity index (χ1v) is 11.2. The highest BCUT2D eigenvalue weighted by atomic mass is 16.5. The van der Waals surface area contributed by atoms with Crippen LogP contribution in [0.25, 0.3) is 0 Å². The van der Waals surface area contributed by atoms with Gasteiger partial charge >= 0.3 is 5.97 Å². The second-order valence-electron chi connectivity index (χ2n) is 8.25. The van der Waals surface area contributed by atoms with E-state index in [-0.39, 0.29) is 0 Å². The lowest BCUT2D eigenvalue weighted by Crippen LogP contribution is -2.31. The molecule has 5 rings (SSSR count). The molecule has 0 fully saturated rings. The monoisotopic (exact) mass is 469 g/mol. The smallest absolute Gasteiger partial charge is 0.338 e. The summed E-state index contributed by atoms with van der Waals surface area (Å²) in [5.74, 6) is -0.384. The lowest BCUT2D eigenvalue weighted by atomic mass is 10.0. The average Bonchev–Trinajstić information content (AvgIpc) is 3.65. The molecule has 2 aromatic heterocycles. The maximum absolute atomic E-state index is 13.0. The van der Waals surface area contributed by atoms with E-state index < -0.39 is 24.5 Å². The number of nitrogens with zero attached hydrogens (tertiary/aromatic N) is 5. The van der Waals surface area contributed by atoms with Gasteiger partial charge in [-0.05, 0) is 42.3 Å². The maximum atomic E-state index is 13.0. The molecule has 0 aliphatic carbocycles. The molecule has 1 unspecified atom stereocenters. The molecule has 176 valence electrons. The first-order chi connectivity index (χ1) is 17.1. The average molecular weight is 470 g/mol. The van der Waals surface area contributed by atoms with Crippen LogP contribution in [0.2, 0.25) is 0 Å². The topological polar surface area (TPSA) is 103 Å². The Hall–Kier alpha value is -4.53. The number of ether oxygens (including phenoxy) is 1. The van der Waals surface area contributed by atoms with Gasteiger partial charge in [-0.2, -0.15) is 10.2 Å². The number of esters is 1. The molecule has 0 saturated heterocycles. The van der Waals surface area contributed by atoms with Gasteiger partial charge < -0.3 is 9.15 Å². The molecule has 2 aromatic carbocycles. The van der Waals surface area contributed by atoms with E-state index in [1.54, 1.807) is 35.5 Å². The Balaban J connectivity index is 1.25. The third kappa shape index (κ3) is 5.03. The highest BCUT2D eigenvalue weighted by Crippen LogP contribution is 2.33. The van der Waals surface area contributed by atoms with Gasteiger partial charge in [-0.25, -0.2) is 19.5 Å². The number of aryl methyl sites for hydroxylation is 1. The number of hydrogen-bond donors (Lipinski definition) is 0. The zero-order chi connectivity index (χ0) is 24.2. The Kier molecular flexibility index (Phi) is 6.21. The number of carbonyl (C=O) groups excluding carboxylic acids is 2. The third-order valence-corrected chi connectivity index (χ3v) is 5.75. The molecule has 4 aromatic rings. The maximum Gasteiger partial charge on any atom is 0.338 e. The van der Waals surface area contributed by atoms with Gasteiger partial charge in [-0.3, -0.25) is 4.79 Å². The van der Waals surface area contributed by atoms with E-state index in [9.17, 15) is 9.59 Å². The molecule has 0 bridgehead atoms. The van der Waals surface area contributed by atoms with Gasteiger partial charge in [-0.1, -0.05) is 42.0 Å². The van der Waals surface area contributed by atoms with Crippen molar-refractivity contribution in [2.75, 3.05) is 6.61 Å². The standard InChI is InChI=1S/C26H23N5O4/c1-18-4-8-20(9-5-18)22-13-23(24-3-2-12-34-24)31(29-22)25(32)15-35-26(33)21-10-6-19(7-11-21)14-30-17-27-16-28-30/h2-12,16-17,23H,13-15H2,1H3. The zero-order valence-corrected chi connectivity index (χ0v) is 19.1. The zero-order valence-electron chi connectivity index (χ0n) is 19.1. The predicted molar refractivity (Wildman–Crippen MR) is 126 cm³/mol. The van der Waals surface area contributed by atoms with Crippen molar-refractivity contribution in [2.45, 2.75) is 25.9 Å². The largest absolute Gasteiger partial charge is 0.467 e. The number of furan rings is 1. The normalized spacial score (nSPS) is 15.2. The van der Waals surface area contributed by atoms with Gasteiger partial charge in [0.1, 0.15) is 24.5 Å². The Morgan fingerprint density at radius 3 is 2.57 bits per heavy atom. The van der Waals surface area contributed by atoms with Crippen LogP contribution in [0.4, 0.5) is 0 Å². The Bertz CT molecular complexity index is 1330. The molecular formula is C26H23N5O4. The summed E-state index contributed by atoms with van der Waals surface area (Å²) in [4.78, 5) is 29.5. The van der Waals surface area contributed by atoms with Crippen molar-refractivity contribution >= 4 is 17.6 Å². The molecule has 1 aliphatic heterocycles. The van der Waals surface area contributed by atoms with E-state index in [4.69, 9.17) is 9.15 Å². The van der Waals surface area contributed by atoms with Crippen molar-refractivity contribution in [3.8, 4) is 0 Å². The Labute approximate surface area is 201 Å². The molecule has 9 nitrogen and oxygen atoms in total. The van der Waals surface area contributed by atoms with E-state index in [1.165, 1.54) is 11.3 Å². The molecule has 3 heterocycles. The van der Waals surface area contributed by atoms with Gasteiger partial charge in [-0.15, -0.1) is 0 Å². The summed E-state index contributed by atoms with van der Waals surface area (Å²) in [5.41, 5.74) is 4.16. The number of benzene rings is 2. The predicted octanol–water partition coefficient (Wildman–Crippen LogP) is 3.76. The summed E-state index contributed by atoms with van der Waals surface area (Å²) in [7, 11) is 0. The molecule has 0 saturated carbocycles. The molecular weight excluding hydrogens is 446 g/mol. The van der Waals surface area contributed by atoms with Crippen LogP contribution in [-0.2, 0) is 16.1 Å². The molecule has 1 aliphatic rings. The number of rotatable bonds is 7. The number of amides is 1. The van der Waals surface area contributed by atoms with Crippen molar-refractivity contribution in [2.24, 2.45) is 5.10 Å². The second kappa shape index (κ2) is 9.76. The fourth-order valence-corrected chi connectivity index (χ4v) is 3.89. The molecule has 0 radical (unpaired) electrons. The fraction of sp³-hybridized carbons (Fsp3) is 0.192. The van der Waals surface area contributed by atoms with Crippen LogP contribution in [0.1, 0.15) is 45.3 Å². The molecule has 1 amide bonds. The summed E-state index contributed by atoms with van der Waals surface area (Å²) in [6.07, 6.45) is 5.15. The van der Waals surface area contributed by atoms with Gasteiger partial charge in [0.15, 0.2) is 6.61 Å². The lowest BCUT2D eigenvalue weighted by Gasteiger charge is -2.19. The summed E-state index contributed by atoms with van der Waals surface area (Å²) >= 11 is 0. The van der Waals surface area contributed by atoms with Crippen LogP contribution < -0.4 is 0 Å². The minimum atomic E-state index is -0.581. The fourth-order valence-electron chi connectivity index (χ4n) is 3.89. The minimum absolute atomic E-state index is 0.355. The Morgan fingerprint density at radius 2 is 1.89 bits per heavy atom. The van der Waals surface area contributed by atoms with Crippen LogP contribution in [0, 0.1) is 6.92 Å².